The van der Waals surface area contributed by atoms with Crippen LogP contribution in [-0.4, -0.2) is 17.1 Å². The average Bonchev–Trinajstić information content (AvgIpc) is 2.53. The predicted molar refractivity (Wildman–Crippen MR) is 51.5 cm³/mol. The van der Waals surface area contributed by atoms with Crippen molar-refractivity contribution in [2.75, 3.05) is 0 Å². The fourth-order valence-electron chi connectivity index (χ4n) is 1.02. The molecule has 0 aromatic carbocycles. The molecule has 72 valence electrons. The number of thiophene rings is 1. The number of carboxylic acids is 1. The van der Waals surface area contributed by atoms with E-state index in [2.05, 4.69) is 0 Å². The molecular formula is C8H12N2O2S. The molecule has 1 aromatic heterocycles. The van der Waals surface area contributed by atoms with Crippen molar-refractivity contribution >= 4 is 17.3 Å². The lowest BCUT2D eigenvalue weighted by Crippen LogP contribution is -2.35. The molecular weight excluding hydrogens is 188 g/mol. The Morgan fingerprint density at radius 1 is 1.62 bits per heavy atom. The summed E-state index contributed by atoms with van der Waals surface area (Å²) < 4.78 is 0. The first-order valence-corrected chi connectivity index (χ1v) is 4.75. The summed E-state index contributed by atoms with van der Waals surface area (Å²) in [5, 5.41) is 10.4. The fourth-order valence-corrected chi connectivity index (χ4v) is 1.82. The lowest BCUT2D eigenvalue weighted by molar-refractivity contribution is -0.137. The summed E-state index contributed by atoms with van der Waals surface area (Å²) in [6, 6.07) is 2.83. The second-order valence-electron chi connectivity index (χ2n) is 2.80. The summed E-state index contributed by atoms with van der Waals surface area (Å²) >= 11 is 1.49. The SMILES string of the molecule is NC(CC(=O)O)C(N)c1cccs1. The highest BCUT2D eigenvalue weighted by Crippen LogP contribution is 2.19. The highest BCUT2D eigenvalue weighted by atomic mass is 32.1. The van der Waals surface area contributed by atoms with Gasteiger partial charge in [0.05, 0.1) is 12.5 Å². The van der Waals surface area contributed by atoms with Crippen molar-refractivity contribution in [2.24, 2.45) is 11.5 Å². The minimum absolute atomic E-state index is 0.0981. The Labute approximate surface area is 80.2 Å². The van der Waals surface area contributed by atoms with Crippen LogP contribution in [0.1, 0.15) is 17.3 Å². The Bertz CT molecular complexity index is 274. The third-order valence-electron chi connectivity index (χ3n) is 1.74. The van der Waals surface area contributed by atoms with Crippen LogP contribution in [0.5, 0.6) is 0 Å². The zero-order valence-corrected chi connectivity index (χ0v) is 7.83. The zero-order valence-electron chi connectivity index (χ0n) is 7.01. The normalized spacial score (nSPS) is 15.2. The van der Waals surface area contributed by atoms with Crippen molar-refractivity contribution < 1.29 is 9.90 Å². The molecule has 0 saturated heterocycles. The summed E-state index contributed by atoms with van der Waals surface area (Å²) in [5.74, 6) is -0.917. The monoisotopic (exact) mass is 200 g/mol. The maximum atomic E-state index is 10.4. The van der Waals surface area contributed by atoms with Gasteiger partial charge in [-0.05, 0) is 11.4 Å². The average molecular weight is 200 g/mol. The number of nitrogens with two attached hydrogens (primary N) is 2. The molecule has 5 heteroatoms. The topological polar surface area (TPSA) is 89.3 Å². The van der Waals surface area contributed by atoms with Crippen molar-refractivity contribution in [3.05, 3.63) is 22.4 Å². The van der Waals surface area contributed by atoms with Crippen LogP contribution < -0.4 is 11.5 Å². The van der Waals surface area contributed by atoms with Crippen LogP contribution in [0.3, 0.4) is 0 Å². The van der Waals surface area contributed by atoms with E-state index in [0.29, 0.717) is 0 Å². The molecule has 0 aliphatic carbocycles. The van der Waals surface area contributed by atoms with Gasteiger partial charge in [-0.2, -0.15) is 0 Å². The lowest BCUT2D eigenvalue weighted by Gasteiger charge is -2.16. The molecule has 0 bridgehead atoms. The van der Waals surface area contributed by atoms with Crippen molar-refractivity contribution in [1.29, 1.82) is 0 Å². The number of hydrogen-bond acceptors (Lipinski definition) is 4. The van der Waals surface area contributed by atoms with Crippen molar-refractivity contribution in [2.45, 2.75) is 18.5 Å². The minimum Gasteiger partial charge on any atom is -0.481 e. The third kappa shape index (κ3) is 2.80. The number of carboxylic acid groups (broad SMARTS) is 1. The van der Waals surface area contributed by atoms with E-state index in [1.807, 2.05) is 17.5 Å². The van der Waals surface area contributed by atoms with Gasteiger partial charge >= 0.3 is 5.97 Å². The molecule has 13 heavy (non-hydrogen) atoms. The zero-order chi connectivity index (χ0) is 9.84. The molecule has 2 atom stereocenters. The summed E-state index contributed by atoms with van der Waals surface area (Å²) in [6.45, 7) is 0. The summed E-state index contributed by atoms with van der Waals surface area (Å²) in [4.78, 5) is 11.3. The van der Waals surface area contributed by atoms with Crippen LogP contribution in [0.2, 0.25) is 0 Å². The molecule has 0 aliphatic heterocycles. The molecule has 0 saturated carbocycles. The Balaban J connectivity index is 2.57. The number of hydrogen-bond donors (Lipinski definition) is 3. The van der Waals surface area contributed by atoms with Crippen molar-refractivity contribution in [3.8, 4) is 0 Å². The first-order valence-electron chi connectivity index (χ1n) is 3.87. The minimum atomic E-state index is -0.917. The van der Waals surface area contributed by atoms with Gasteiger partial charge in [-0.15, -0.1) is 11.3 Å². The molecule has 1 aromatic rings. The van der Waals surface area contributed by atoms with E-state index in [-0.39, 0.29) is 12.5 Å². The van der Waals surface area contributed by atoms with E-state index in [0.717, 1.165) is 4.88 Å². The Morgan fingerprint density at radius 2 is 2.31 bits per heavy atom. The van der Waals surface area contributed by atoms with Gasteiger partial charge in [-0.1, -0.05) is 6.07 Å². The van der Waals surface area contributed by atoms with Crippen molar-refractivity contribution in [1.82, 2.24) is 0 Å². The van der Waals surface area contributed by atoms with E-state index in [4.69, 9.17) is 16.6 Å². The van der Waals surface area contributed by atoms with Crippen LogP contribution >= 0.6 is 11.3 Å². The van der Waals surface area contributed by atoms with Crippen LogP contribution in [0.4, 0.5) is 0 Å². The Kier molecular flexibility index (Phi) is 3.41. The van der Waals surface area contributed by atoms with Gasteiger partial charge in [-0.25, -0.2) is 0 Å². The van der Waals surface area contributed by atoms with E-state index >= 15 is 0 Å². The van der Waals surface area contributed by atoms with Crippen molar-refractivity contribution in [3.63, 3.8) is 0 Å². The van der Waals surface area contributed by atoms with Crippen LogP contribution in [-0.2, 0) is 4.79 Å². The van der Waals surface area contributed by atoms with E-state index in [9.17, 15) is 4.79 Å². The fraction of sp³-hybridized carbons (Fsp3) is 0.375. The molecule has 2 unspecified atom stereocenters. The van der Waals surface area contributed by atoms with Gasteiger partial charge in [0.15, 0.2) is 0 Å². The highest BCUT2D eigenvalue weighted by Gasteiger charge is 2.18. The first kappa shape index (κ1) is 10.2. The summed E-state index contributed by atoms with van der Waals surface area (Å²) in [5.41, 5.74) is 11.4. The van der Waals surface area contributed by atoms with Crippen LogP contribution in [0.15, 0.2) is 17.5 Å². The van der Waals surface area contributed by atoms with Gasteiger partial charge in [0.1, 0.15) is 0 Å². The lowest BCUT2D eigenvalue weighted by atomic mass is 10.1. The molecule has 0 amide bonds. The van der Waals surface area contributed by atoms with Gasteiger partial charge in [-0.3, -0.25) is 4.79 Å². The molecule has 0 aliphatic rings. The van der Waals surface area contributed by atoms with E-state index in [1.165, 1.54) is 11.3 Å². The third-order valence-corrected chi connectivity index (χ3v) is 2.72. The van der Waals surface area contributed by atoms with Crippen LogP contribution in [0.25, 0.3) is 0 Å². The van der Waals surface area contributed by atoms with E-state index in [1.54, 1.807) is 0 Å². The Morgan fingerprint density at radius 3 is 2.77 bits per heavy atom. The molecule has 0 fully saturated rings. The highest BCUT2D eigenvalue weighted by molar-refractivity contribution is 7.10. The molecule has 5 N–H and O–H groups in total. The quantitative estimate of drug-likeness (QED) is 0.662. The maximum Gasteiger partial charge on any atom is 0.304 e. The number of carbonyl (C=O) groups is 1. The number of aliphatic carboxylic acids is 1. The molecule has 1 rings (SSSR count). The molecule has 4 nitrogen and oxygen atoms in total. The van der Waals surface area contributed by atoms with E-state index < -0.39 is 12.0 Å². The van der Waals surface area contributed by atoms with Gasteiger partial charge < -0.3 is 16.6 Å². The molecule has 1 heterocycles. The number of rotatable bonds is 4. The van der Waals surface area contributed by atoms with Gasteiger partial charge in [0.25, 0.3) is 0 Å². The summed E-state index contributed by atoms with van der Waals surface area (Å²) in [7, 11) is 0. The second-order valence-corrected chi connectivity index (χ2v) is 3.78. The molecule has 0 radical (unpaired) electrons. The maximum absolute atomic E-state index is 10.4. The predicted octanol–water partition coefficient (Wildman–Crippen LogP) is 0.550. The standard InChI is InChI=1S/C8H12N2O2S/c9-5(4-7(11)12)8(10)6-2-1-3-13-6/h1-3,5,8H,4,9-10H2,(H,11,12). The summed E-state index contributed by atoms with van der Waals surface area (Å²) in [6.07, 6.45) is -0.0981. The van der Waals surface area contributed by atoms with Gasteiger partial charge in [0, 0.05) is 10.9 Å². The Hall–Kier alpha value is -0.910. The first-order chi connectivity index (χ1) is 6.11. The largest absolute Gasteiger partial charge is 0.481 e. The smallest absolute Gasteiger partial charge is 0.304 e. The van der Waals surface area contributed by atoms with Crippen LogP contribution in [0, 0.1) is 0 Å². The second kappa shape index (κ2) is 4.36. The molecule has 0 spiro atoms. The van der Waals surface area contributed by atoms with Gasteiger partial charge in [0.2, 0.25) is 0 Å².